The van der Waals surface area contributed by atoms with Gasteiger partial charge in [-0.3, -0.25) is 4.79 Å². The predicted molar refractivity (Wildman–Crippen MR) is 138 cm³/mol. The molecule has 6 rings (SSSR count). The number of rotatable bonds is 4. The number of fused-ring (bicyclic) bond motifs is 3. The summed E-state index contributed by atoms with van der Waals surface area (Å²) in [4.78, 5) is 15.6. The topological polar surface area (TPSA) is 43.7 Å². The van der Waals surface area contributed by atoms with E-state index in [1.807, 2.05) is 29.3 Å². The quantitative estimate of drug-likeness (QED) is 0.410. The van der Waals surface area contributed by atoms with Gasteiger partial charge >= 0.3 is 0 Å². The molecule has 7 heteroatoms. The number of carbonyl (C=O) groups excluding carboxylic acids is 1. The molecular weight excluding hydrogens is 479 g/mol. The molecule has 2 fully saturated rings. The van der Waals surface area contributed by atoms with Crippen molar-refractivity contribution in [2.75, 3.05) is 26.3 Å². The van der Waals surface area contributed by atoms with E-state index in [0.29, 0.717) is 48.2 Å². The third-order valence-corrected chi connectivity index (χ3v) is 8.38. The number of benzene rings is 2. The molecule has 2 aromatic carbocycles. The van der Waals surface area contributed by atoms with Gasteiger partial charge in [-0.05, 0) is 49.4 Å². The van der Waals surface area contributed by atoms with E-state index in [-0.39, 0.29) is 11.7 Å². The molecule has 0 N–H and O–H groups in total. The maximum Gasteiger partial charge on any atom is 0.256 e. The van der Waals surface area contributed by atoms with E-state index in [9.17, 15) is 9.18 Å². The maximum absolute atomic E-state index is 13.8. The molecule has 5 nitrogen and oxygen atoms in total. The molecule has 1 aromatic heterocycles. The summed E-state index contributed by atoms with van der Waals surface area (Å²) in [6, 6.07) is 10.5. The van der Waals surface area contributed by atoms with Gasteiger partial charge in [-0.2, -0.15) is 0 Å². The van der Waals surface area contributed by atoms with Crippen molar-refractivity contribution in [1.29, 1.82) is 0 Å². The van der Waals surface area contributed by atoms with E-state index < -0.39 is 5.60 Å². The number of halogens is 2. The highest BCUT2D eigenvalue weighted by Gasteiger charge is 2.46. The number of hydrogen-bond acceptors (Lipinski definition) is 3. The maximum atomic E-state index is 13.8. The summed E-state index contributed by atoms with van der Waals surface area (Å²) >= 11 is 6.34. The van der Waals surface area contributed by atoms with Gasteiger partial charge in [0.25, 0.3) is 5.91 Å². The van der Waals surface area contributed by atoms with Crippen LogP contribution in [0.2, 0.25) is 5.02 Å². The lowest BCUT2D eigenvalue weighted by Crippen LogP contribution is -2.45. The molecule has 1 amide bonds. The van der Waals surface area contributed by atoms with Gasteiger partial charge < -0.3 is 18.9 Å². The van der Waals surface area contributed by atoms with E-state index in [1.54, 1.807) is 6.07 Å². The Hall–Kier alpha value is -2.83. The normalized spacial score (nSPS) is 19.6. The Bertz CT molecular complexity index is 1340. The second-order valence-corrected chi connectivity index (χ2v) is 10.7. The van der Waals surface area contributed by atoms with Crippen LogP contribution in [0.15, 0.2) is 49.2 Å². The first-order valence-corrected chi connectivity index (χ1v) is 13.1. The van der Waals surface area contributed by atoms with Crippen molar-refractivity contribution in [3.8, 4) is 0 Å². The minimum absolute atomic E-state index is 0.0261. The summed E-state index contributed by atoms with van der Waals surface area (Å²) in [6.07, 6.45) is 6.52. The summed E-state index contributed by atoms with van der Waals surface area (Å²) in [5.41, 5.74) is 2.88. The molecule has 2 saturated heterocycles. The van der Waals surface area contributed by atoms with Crippen molar-refractivity contribution >= 4 is 34.2 Å². The molecule has 3 aliphatic heterocycles. The van der Waals surface area contributed by atoms with Crippen molar-refractivity contribution in [2.45, 2.75) is 44.2 Å². The molecule has 188 valence electrons. The number of ether oxygens (including phenoxy) is 2. The Morgan fingerprint density at radius 3 is 2.69 bits per heavy atom. The molecule has 0 atom stereocenters. The Balaban J connectivity index is 1.22. The van der Waals surface area contributed by atoms with Crippen LogP contribution in [0.4, 0.5) is 4.39 Å². The molecular formula is C29H30ClFN2O3. The molecule has 0 unspecified atom stereocenters. The predicted octanol–water partition coefficient (Wildman–Crippen LogP) is 6.38. The van der Waals surface area contributed by atoms with E-state index in [2.05, 4.69) is 11.1 Å². The summed E-state index contributed by atoms with van der Waals surface area (Å²) in [5, 5.41) is 1.60. The monoisotopic (exact) mass is 508 g/mol. The van der Waals surface area contributed by atoms with E-state index >= 15 is 0 Å². The minimum Gasteiger partial charge on any atom is -0.482 e. The SMILES string of the molecule is C=C1OC2(CCN(C(=O)c3cn(CCC4CCOCC4)c4cc(Cl)ccc34)CC2)c2ccc(F)cc21. The zero-order valence-electron chi connectivity index (χ0n) is 20.3. The van der Waals surface area contributed by atoms with E-state index in [1.165, 1.54) is 12.1 Å². The highest BCUT2D eigenvalue weighted by molar-refractivity contribution is 6.31. The average Bonchev–Trinajstić information content (AvgIpc) is 3.37. The third kappa shape index (κ3) is 4.10. The fourth-order valence-corrected chi connectivity index (χ4v) is 6.25. The Labute approximate surface area is 215 Å². The molecule has 36 heavy (non-hydrogen) atoms. The number of nitrogens with zero attached hydrogens (tertiary/aromatic N) is 2. The highest BCUT2D eigenvalue weighted by Crippen LogP contribution is 2.48. The van der Waals surface area contributed by atoms with E-state index in [4.69, 9.17) is 21.1 Å². The van der Waals surface area contributed by atoms with Crippen molar-refractivity contribution in [1.82, 2.24) is 9.47 Å². The highest BCUT2D eigenvalue weighted by atomic mass is 35.5. The molecule has 0 radical (unpaired) electrons. The van der Waals surface area contributed by atoms with Crippen LogP contribution in [0.25, 0.3) is 16.7 Å². The van der Waals surface area contributed by atoms with Crippen LogP contribution in [0.3, 0.4) is 0 Å². The number of aryl methyl sites for hydroxylation is 1. The number of aromatic nitrogens is 1. The van der Waals surface area contributed by atoms with Crippen LogP contribution in [0.1, 0.15) is 53.6 Å². The summed E-state index contributed by atoms with van der Waals surface area (Å²) in [5.74, 6) is 0.883. The fourth-order valence-electron chi connectivity index (χ4n) is 6.08. The second-order valence-electron chi connectivity index (χ2n) is 10.2. The van der Waals surface area contributed by atoms with Crippen molar-refractivity contribution in [2.24, 2.45) is 5.92 Å². The average molecular weight is 509 g/mol. The number of hydrogen-bond donors (Lipinski definition) is 0. The lowest BCUT2D eigenvalue weighted by molar-refractivity contribution is -0.00886. The van der Waals surface area contributed by atoms with Crippen LogP contribution >= 0.6 is 11.6 Å². The number of likely N-dealkylation sites (tertiary alicyclic amines) is 1. The number of carbonyl (C=O) groups is 1. The van der Waals surface area contributed by atoms with Gasteiger partial charge in [-0.25, -0.2) is 4.39 Å². The lowest BCUT2D eigenvalue weighted by atomic mass is 9.83. The van der Waals surface area contributed by atoms with Gasteiger partial charge in [0, 0.05) is 73.4 Å². The van der Waals surface area contributed by atoms with Gasteiger partial charge in [0.2, 0.25) is 0 Å². The molecule has 4 heterocycles. The standard InChI is InChI=1S/C29H30ClFN2O3/c1-19-24-17-22(31)3-5-26(24)29(36-19)9-12-32(13-10-29)28(34)25-18-33(11-6-20-7-14-35-15-8-20)27-16-21(30)2-4-23(25)27/h2-5,16-18,20H,1,6-15H2. The number of piperidine rings is 1. The fraction of sp³-hybridized carbons (Fsp3) is 0.414. The molecule has 3 aromatic rings. The van der Waals surface area contributed by atoms with Crippen LogP contribution in [0.5, 0.6) is 0 Å². The largest absolute Gasteiger partial charge is 0.482 e. The number of amides is 1. The lowest BCUT2D eigenvalue weighted by Gasteiger charge is -2.39. The third-order valence-electron chi connectivity index (χ3n) is 8.14. The van der Waals surface area contributed by atoms with Crippen LogP contribution in [-0.2, 0) is 21.6 Å². The molecule has 0 saturated carbocycles. The van der Waals surface area contributed by atoms with Gasteiger partial charge in [-0.15, -0.1) is 0 Å². The second kappa shape index (κ2) is 9.24. The summed E-state index contributed by atoms with van der Waals surface area (Å²) in [6.45, 7) is 7.63. The first kappa shape index (κ1) is 23.6. The summed E-state index contributed by atoms with van der Waals surface area (Å²) < 4.78 is 27.7. The van der Waals surface area contributed by atoms with Crippen LogP contribution < -0.4 is 0 Å². The Morgan fingerprint density at radius 1 is 1.14 bits per heavy atom. The van der Waals surface area contributed by atoms with E-state index in [0.717, 1.165) is 61.1 Å². The van der Waals surface area contributed by atoms with Crippen molar-refractivity contribution in [3.05, 3.63) is 76.7 Å². The Kier molecular flexibility index (Phi) is 6.05. The molecule has 3 aliphatic rings. The molecule has 0 aliphatic carbocycles. The van der Waals surface area contributed by atoms with Gasteiger partial charge in [0.05, 0.1) is 11.1 Å². The first-order chi connectivity index (χ1) is 17.4. The molecule has 1 spiro atoms. The zero-order valence-corrected chi connectivity index (χ0v) is 21.0. The van der Waals surface area contributed by atoms with Gasteiger partial charge in [0.15, 0.2) is 0 Å². The van der Waals surface area contributed by atoms with Crippen molar-refractivity contribution < 1.29 is 18.7 Å². The van der Waals surface area contributed by atoms with Gasteiger partial charge in [0.1, 0.15) is 17.2 Å². The minimum atomic E-state index is -0.540. The molecule has 0 bridgehead atoms. The first-order valence-electron chi connectivity index (χ1n) is 12.8. The Morgan fingerprint density at radius 2 is 1.92 bits per heavy atom. The summed E-state index contributed by atoms with van der Waals surface area (Å²) in [7, 11) is 0. The van der Waals surface area contributed by atoms with Crippen molar-refractivity contribution in [3.63, 3.8) is 0 Å². The zero-order chi connectivity index (χ0) is 24.9. The smallest absolute Gasteiger partial charge is 0.256 e. The van der Waals surface area contributed by atoms with Crippen LogP contribution in [-0.4, -0.2) is 41.7 Å². The van der Waals surface area contributed by atoms with Gasteiger partial charge in [-0.1, -0.05) is 30.3 Å². The van der Waals surface area contributed by atoms with Crippen LogP contribution in [0, 0.1) is 11.7 Å².